The van der Waals surface area contributed by atoms with Crippen molar-refractivity contribution in [3.8, 4) is 11.5 Å². The highest BCUT2D eigenvalue weighted by Crippen LogP contribution is 2.25. The molecule has 3 rings (SSSR count). The van der Waals surface area contributed by atoms with E-state index in [0.717, 1.165) is 0 Å². The van der Waals surface area contributed by atoms with E-state index in [9.17, 15) is 0 Å². The maximum Gasteiger partial charge on any atom is 0.259 e. The Morgan fingerprint density at radius 3 is 2.86 bits per heavy atom. The topological polar surface area (TPSA) is 69.6 Å². The minimum atomic E-state index is -0.192. The van der Waals surface area contributed by atoms with Crippen LogP contribution in [0.5, 0.6) is 0 Å². The lowest BCUT2D eigenvalue weighted by Crippen LogP contribution is -2.02. The molecule has 1 unspecified atom stereocenters. The van der Waals surface area contributed by atoms with Crippen molar-refractivity contribution in [2.75, 3.05) is 0 Å². The highest BCUT2D eigenvalue weighted by Gasteiger charge is 2.13. The minimum Gasteiger partial charge on any atom is -0.334 e. The van der Waals surface area contributed by atoms with Crippen molar-refractivity contribution in [2.24, 2.45) is 0 Å². The molecule has 2 heterocycles. The number of nitrogens with zero attached hydrogens (tertiary/aromatic N) is 5. The Kier molecular flexibility index (Phi) is 3.90. The summed E-state index contributed by atoms with van der Waals surface area (Å²) in [5.74, 6) is 0.866. The average molecular weight is 324 g/mol. The zero-order chi connectivity index (χ0) is 14.8. The fraction of sp³-hybridized carbons (Fsp3) is 0.231. The summed E-state index contributed by atoms with van der Waals surface area (Å²) >= 11 is 12.0. The van der Waals surface area contributed by atoms with Crippen LogP contribution in [0, 0.1) is 0 Å². The molecule has 0 saturated carbocycles. The predicted octanol–water partition coefficient (Wildman–Crippen LogP) is 3.33. The van der Waals surface area contributed by atoms with Gasteiger partial charge >= 0.3 is 0 Å². The van der Waals surface area contributed by atoms with Crippen molar-refractivity contribution in [3.63, 3.8) is 0 Å². The number of halogens is 2. The van der Waals surface area contributed by atoms with Crippen LogP contribution in [-0.4, -0.2) is 25.1 Å². The largest absolute Gasteiger partial charge is 0.334 e. The molecule has 1 aromatic carbocycles. The molecule has 0 amide bonds. The Labute approximate surface area is 130 Å². The third-order valence-corrected chi connectivity index (χ3v) is 3.39. The molecule has 0 fully saturated rings. The molecule has 21 heavy (non-hydrogen) atoms. The average Bonchev–Trinajstić information content (AvgIpc) is 3.09. The van der Waals surface area contributed by atoms with E-state index < -0.39 is 0 Å². The van der Waals surface area contributed by atoms with Crippen LogP contribution < -0.4 is 0 Å². The van der Waals surface area contributed by atoms with Gasteiger partial charge in [0.1, 0.15) is 12.2 Å². The maximum atomic E-state index is 6.10. The number of rotatable bonds is 4. The molecule has 0 radical (unpaired) electrons. The van der Waals surface area contributed by atoms with E-state index in [1.54, 1.807) is 16.9 Å². The van der Waals surface area contributed by atoms with E-state index in [2.05, 4.69) is 20.5 Å². The second kappa shape index (κ2) is 5.83. The smallest absolute Gasteiger partial charge is 0.259 e. The molecule has 8 heteroatoms. The first-order valence-electron chi connectivity index (χ1n) is 6.25. The lowest BCUT2D eigenvalue weighted by Gasteiger charge is -1.96. The van der Waals surface area contributed by atoms with Gasteiger partial charge in [0.05, 0.1) is 22.2 Å². The molecular weight excluding hydrogens is 313 g/mol. The summed E-state index contributed by atoms with van der Waals surface area (Å²) in [5.41, 5.74) is 1.40. The zero-order valence-corrected chi connectivity index (χ0v) is 12.6. The highest BCUT2D eigenvalue weighted by atomic mass is 35.5. The quantitative estimate of drug-likeness (QED) is 0.689. The second-order valence-corrected chi connectivity index (χ2v) is 5.51. The van der Waals surface area contributed by atoms with Gasteiger partial charge in [-0.2, -0.15) is 4.98 Å². The SMILES string of the molecule is CC(Cl)c1cn(Cc2noc(-c3ccccc3Cl)n2)nn1. The van der Waals surface area contributed by atoms with Gasteiger partial charge in [-0.15, -0.1) is 16.7 Å². The molecule has 3 aromatic rings. The monoisotopic (exact) mass is 323 g/mol. The molecule has 0 saturated heterocycles. The van der Waals surface area contributed by atoms with Crippen molar-refractivity contribution in [3.05, 3.63) is 47.0 Å². The van der Waals surface area contributed by atoms with E-state index in [0.29, 0.717) is 34.5 Å². The third-order valence-electron chi connectivity index (χ3n) is 2.84. The Morgan fingerprint density at radius 1 is 1.33 bits per heavy atom. The summed E-state index contributed by atoms with van der Waals surface area (Å²) in [5, 5.41) is 12.2. The first kappa shape index (κ1) is 14.0. The van der Waals surface area contributed by atoms with E-state index in [1.165, 1.54) is 0 Å². The van der Waals surface area contributed by atoms with Crippen LogP contribution in [0.15, 0.2) is 35.0 Å². The standard InChI is InChI=1S/C13H11Cl2N5O/c1-8(14)11-6-20(19-17-11)7-12-16-13(21-18-12)9-4-2-3-5-10(9)15/h2-6,8H,7H2,1H3. The molecule has 0 N–H and O–H groups in total. The van der Waals surface area contributed by atoms with Gasteiger partial charge in [0.25, 0.3) is 5.89 Å². The van der Waals surface area contributed by atoms with Gasteiger partial charge in [0.15, 0.2) is 5.82 Å². The van der Waals surface area contributed by atoms with Crippen LogP contribution in [-0.2, 0) is 6.54 Å². The normalized spacial score (nSPS) is 12.5. The van der Waals surface area contributed by atoms with Gasteiger partial charge in [-0.25, -0.2) is 4.68 Å². The van der Waals surface area contributed by atoms with Crippen molar-refractivity contribution in [2.45, 2.75) is 18.8 Å². The molecule has 0 spiro atoms. The molecule has 0 aliphatic carbocycles. The molecule has 0 aliphatic rings. The highest BCUT2D eigenvalue weighted by molar-refractivity contribution is 6.33. The zero-order valence-electron chi connectivity index (χ0n) is 11.1. The molecule has 2 aromatic heterocycles. The van der Waals surface area contributed by atoms with Crippen LogP contribution in [0.3, 0.4) is 0 Å². The van der Waals surface area contributed by atoms with Crippen molar-refractivity contribution < 1.29 is 4.52 Å². The Bertz CT molecular complexity index is 752. The molecule has 108 valence electrons. The van der Waals surface area contributed by atoms with Crippen LogP contribution in [0.25, 0.3) is 11.5 Å². The number of benzene rings is 1. The molecule has 1 atom stereocenters. The van der Waals surface area contributed by atoms with E-state index >= 15 is 0 Å². The van der Waals surface area contributed by atoms with E-state index in [-0.39, 0.29) is 5.38 Å². The fourth-order valence-corrected chi connectivity index (χ4v) is 2.10. The molecular formula is C13H11Cl2N5O. The van der Waals surface area contributed by atoms with Gasteiger partial charge in [0, 0.05) is 0 Å². The van der Waals surface area contributed by atoms with Crippen LogP contribution in [0.1, 0.15) is 23.8 Å². The first-order chi connectivity index (χ1) is 10.1. The second-order valence-electron chi connectivity index (χ2n) is 4.45. The number of aromatic nitrogens is 5. The third kappa shape index (κ3) is 3.06. The van der Waals surface area contributed by atoms with Crippen LogP contribution in [0.4, 0.5) is 0 Å². The van der Waals surface area contributed by atoms with E-state index in [1.807, 2.05) is 25.1 Å². The molecule has 6 nitrogen and oxygen atoms in total. The summed E-state index contributed by atoms with van der Waals surface area (Å²) in [6.07, 6.45) is 1.75. The first-order valence-corrected chi connectivity index (χ1v) is 7.06. The van der Waals surface area contributed by atoms with Gasteiger partial charge in [0.2, 0.25) is 0 Å². The summed E-state index contributed by atoms with van der Waals surface area (Å²) in [6, 6.07) is 7.29. The van der Waals surface area contributed by atoms with Gasteiger partial charge < -0.3 is 4.52 Å². The summed E-state index contributed by atoms with van der Waals surface area (Å²) < 4.78 is 6.83. The number of alkyl halides is 1. The minimum absolute atomic E-state index is 0.192. The maximum absolute atomic E-state index is 6.10. The van der Waals surface area contributed by atoms with Crippen molar-refractivity contribution in [1.29, 1.82) is 0 Å². The molecule has 0 bridgehead atoms. The number of hydrogen-bond acceptors (Lipinski definition) is 5. The Hall–Kier alpha value is -1.92. The lowest BCUT2D eigenvalue weighted by atomic mass is 10.2. The molecule has 0 aliphatic heterocycles. The fourth-order valence-electron chi connectivity index (χ4n) is 1.78. The van der Waals surface area contributed by atoms with Gasteiger partial charge in [-0.05, 0) is 19.1 Å². The number of hydrogen-bond donors (Lipinski definition) is 0. The summed E-state index contributed by atoms with van der Waals surface area (Å²) in [6.45, 7) is 2.18. The summed E-state index contributed by atoms with van der Waals surface area (Å²) in [7, 11) is 0. The Morgan fingerprint density at radius 2 is 2.14 bits per heavy atom. The lowest BCUT2D eigenvalue weighted by molar-refractivity contribution is 0.418. The van der Waals surface area contributed by atoms with Crippen LogP contribution in [0.2, 0.25) is 5.02 Å². The van der Waals surface area contributed by atoms with Crippen molar-refractivity contribution >= 4 is 23.2 Å². The van der Waals surface area contributed by atoms with Gasteiger partial charge in [-0.3, -0.25) is 0 Å². The summed E-state index contributed by atoms with van der Waals surface area (Å²) in [4.78, 5) is 4.31. The van der Waals surface area contributed by atoms with Gasteiger partial charge in [-0.1, -0.05) is 34.1 Å². The van der Waals surface area contributed by atoms with Crippen LogP contribution >= 0.6 is 23.2 Å². The predicted molar refractivity (Wildman–Crippen MR) is 78.1 cm³/mol. The van der Waals surface area contributed by atoms with E-state index in [4.69, 9.17) is 27.7 Å². The Balaban J connectivity index is 1.80. The van der Waals surface area contributed by atoms with Crippen molar-refractivity contribution in [1.82, 2.24) is 25.1 Å².